The third-order valence-corrected chi connectivity index (χ3v) is 25.6. The van der Waals surface area contributed by atoms with E-state index in [9.17, 15) is 17.6 Å². The second-order valence-corrected chi connectivity index (χ2v) is 34.2. The molecular formula is C100H104F4N20O2. The number of hydrogen-bond acceptors (Lipinski definition) is 18. The number of allylic oxidation sites excluding steroid dienone is 2. The van der Waals surface area contributed by atoms with Gasteiger partial charge in [-0.15, -0.1) is 0 Å². The largest absolute Gasteiger partial charge is 0.465 e. The normalized spacial score (nSPS) is 18.2. The Morgan fingerprint density at radius 3 is 1.04 bits per heavy atom. The third kappa shape index (κ3) is 18.6. The number of nitrogens with one attached hydrogen (secondary N) is 4. The summed E-state index contributed by atoms with van der Waals surface area (Å²) >= 11 is 0. The predicted molar refractivity (Wildman–Crippen MR) is 484 cm³/mol. The zero-order chi connectivity index (χ0) is 85.4. The number of furan rings is 2. The Bertz CT molecular complexity index is 6100. The standard InChI is InChI=1S/C26H24FN5O.C25H22FN5O.C25H30FN5.C24H28FN5/c27-18-8-6-17(7-9-18)24-25(22-14-15-28-26(30-22)29-19-3-1-4-19)32-20(11-13-23(32)31-24)10-12-21-5-2-16-33-21;26-17-5-3-16(4-6-17)23-24(21-13-14-27-25(29-21)28-18-7-8-18)31-19(10-12-22(31)30-23)9-11-20-2-1-15-32-20;1-2-14-27-25-28-15-13-21(29-25)24-23(18-7-9-19(26)10-8-18)30-22-12-11-20(31(22)24)16-17-5-3-4-6-17;1-2-26-24-27-14-13-20(28-24)23-22(17-7-9-18(25)10-8-17)29-21-12-11-19(30(21)23)15-16-5-3-4-6-16/h2,5-10,12,14-16,19-20H,1,3-4,11,13H2,(H,28,29,30);1-6,9,11,13-15,18-19H,7-8,10,12H2,(H,27,28,29);7-10,13,15,17,20H,2-6,11-12,14,16H2,1H3,(H,27,28,29);7-10,13-14,16,19H,2-6,11-12,15H2,1H3,(H,26,27,28)/b12-10+;11-9+;;. The van der Waals surface area contributed by atoms with Crippen LogP contribution in [0, 0.1) is 35.1 Å². The number of halogens is 4. The molecule has 0 radical (unpaired) electrons. The maximum Gasteiger partial charge on any atom is 0.223 e. The van der Waals surface area contributed by atoms with Gasteiger partial charge in [-0.3, -0.25) is 0 Å². The van der Waals surface area contributed by atoms with Gasteiger partial charge in [0.05, 0.1) is 92.9 Å². The van der Waals surface area contributed by atoms with Gasteiger partial charge in [0.15, 0.2) is 0 Å². The molecule has 126 heavy (non-hydrogen) atoms. The average Bonchev–Trinajstić information content (AvgIpc) is 1.61. The van der Waals surface area contributed by atoms with Crippen LogP contribution >= 0.6 is 0 Å². The van der Waals surface area contributed by atoms with E-state index in [1.54, 1.807) is 55.4 Å². The van der Waals surface area contributed by atoms with Crippen LogP contribution in [0.5, 0.6) is 0 Å². The second kappa shape index (κ2) is 37.8. The zero-order valence-corrected chi connectivity index (χ0v) is 71.1. The van der Waals surface area contributed by atoms with Crippen LogP contribution in [0.1, 0.15) is 201 Å². The molecule has 8 aliphatic rings. The van der Waals surface area contributed by atoms with Crippen molar-refractivity contribution in [1.29, 1.82) is 0 Å². The quantitative estimate of drug-likeness (QED) is 0.0388. The van der Waals surface area contributed by atoms with Crippen LogP contribution in [0.15, 0.2) is 204 Å². The molecule has 0 bridgehead atoms. The van der Waals surface area contributed by atoms with Gasteiger partial charge in [0.1, 0.15) is 58.1 Å². The fourth-order valence-electron chi connectivity index (χ4n) is 19.1. The molecule has 22 rings (SSSR count). The maximum atomic E-state index is 13.6. The molecule has 0 saturated heterocycles. The monoisotopic (exact) mass is 1690 g/mol. The minimum atomic E-state index is -0.265. The van der Waals surface area contributed by atoms with Crippen molar-refractivity contribution in [3.05, 3.63) is 253 Å². The number of fused-ring (bicyclic) bond motifs is 4. The van der Waals surface area contributed by atoms with E-state index in [-0.39, 0.29) is 35.4 Å². The first-order chi connectivity index (χ1) is 61.9. The highest BCUT2D eigenvalue weighted by molar-refractivity contribution is 5.82. The van der Waals surface area contributed by atoms with Crippen molar-refractivity contribution in [2.45, 2.75) is 204 Å². The lowest BCUT2D eigenvalue weighted by Gasteiger charge is -2.26. The molecule has 4 aliphatic heterocycles. The number of hydrogen-bond donors (Lipinski definition) is 4. The van der Waals surface area contributed by atoms with Crippen LogP contribution in [-0.4, -0.2) is 103 Å². The summed E-state index contributed by atoms with van der Waals surface area (Å²) in [7, 11) is 0. The number of nitrogens with zero attached hydrogens (tertiary/aromatic N) is 16. The van der Waals surface area contributed by atoms with Crippen LogP contribution in [0.4, 0.5) is 41.4 Å². The van der Waals surface area contributed by atoms with Gasteiger partial charge in [-0.05, 0) is 254 Å². The summed E-state index contributed by atoms with van der Waals surface area (Å²) in [6.45, 7) is 5.77. The van der Waals surface area contributed by atoms with Crippen molar-refractivity contribution >= 4 is 35.9 Å². The van der Waals surface area contributed by atoms with Crippen molar-refractivity contribution < 1.29 is 26.4 Å². The number of rotatable bonds is 25. The van der Waals surface area contributed by atoms with E-state index in [0.29, 0.717) is 48.0 Å². The predicted octanol–water partition coefficient (Wildman–Crippen LogP) is 23.1. The molecule has 4 aromatic carbocycles. The highest BCUT2D eigenvalue weighted by Crippen LogP contribution is 2.48. The zero-order valence-electron chi connectivity index (χ0n) is 71.1. The van der Waals surface area contributed by atoms with Crippen LogP contribution in [-0.2, 0) is 25.7 Å². The summed E-state index contributed by atoms with van der Waals surface area (Å²) in [6, 6.07) is 43.8. The number of anilines is 4. The molecule has 644 valence electrons. The lowest BCUT2D eigenvalue weighted by Crippen LogP contribution is -2.28. The Morgan fingerprint density at radius 2 is 0.698 bits per heavy atom. The summed E-state index contributed by atoms with van der Waals surface area (Å²) < 4.78 is 74.7. The summed E-state index contributed by atoms with van der Waals surface area (Å²) in [5.74, 6) is 9.06. The van der Waals surface area contributed by atoms with Crippen LogP contribution in [0.2, 0.25) is 0 Å². The molecule has 0 amide bonds. The van der Waals surface area contributed by atoms with Gasteiger partial charge in [0.2, 0.25) is 23.8 Å². The molecule has 10 aromatic heterocycles. The number of aromatic nitrogens is 16. The Morgan fingerprint density at radius 1 is 0.357 bits per heavy atom. The summed E-state index contributed by atoms with van der Waals surface area (Å²) in [5.41, 5.74) is 14.3. The van der Waals surface area contributed by atoms with E-state index in [2.05, 4.69) is 78.5 Å². The van der Waals surface area contributed by atoms with E-state index in [1.165, 1.54) is 119 Å². The molecule has 14 heterocycles. The Kier molecular flexibility index (Phi) is 24.8. The van der Waals surface area contributed by atoms with Crippen LogP contribution in [0.25, 0.3) is 103 Å². The van der Waals surface area contributed by atoms with Crippen LogP contribution < -0.4 is 21.3 Å². The molecule has 4 unspecified atom stereocenters. The van der Waals surface area contributed by atoms with Gasteiger partial charge in [-0.25, -0.2) is 77.4 Å². The lowest BCUT2D eigenvalue weighted by molar-refractivity contribution is 0.382. The summed E-state index contributed by atoms with van der Waals surface area (Å²) in [4.78, 5) is 56.9. The van der Waals surface area contributed by atoms with Gasteiger partial charge < -0.3 is 48.4 Å². The molecule has 22 nitrogen and oxygen atoms in total. The van der Waals surface area contributed by atoms with Crippen molar-refractivity contribution in [3.8, 4) is 90.6 Å². The van der Waals surface area contributed by atoms with Gasteiger partial charge >= 0.3 is 0 Å². The molecule has 4 N–H and O–H groups in total. The van der Waals surface area contributed by atoms with Crippen molar-refractivity contribution in [2.75, 3.05) is 34.4 Å². The Hall–Kier alpha value is -13.0. The fraction of sp³-hybridized carbons (Fsp3) is 0.360. The van der Waals surface area contributed by atoms with Crippen LogP contribution in [0.3, 0.4) is 0 Å². The average molecular weight is 1690 g/mol. The van der Waals surface area contributed by atoms with E-state index in [0.717, 1.165) is 234 Å². The van der Waals surface area contributed by atoms with Crippen molar-refractivity contribution in [2.24, 2.45) is 11.8 Å². The van der Waals surface area contributed by atoms with Gasteiger partial charge in [-0.2, -0.15) is 0 Å². The first-order valence-corrected chi connectivity index (χ1v) is 45.2. The summed E-state index contributed by atoms with van der Waals surface area (Å²) in [5, 5.41) is 13.3. The lowest BCUT2D eigenvalue weighted by atomic mass is 9.93. The third-order valence-electron chi connectivity index (χ3n) is 25.6. The smallest absolute Gasteiger partial charge is 0.223 e. The van der Waals surface area contributed by atoms with Crippen molar-refractivity contribution in [3.63, 3.8) is 0 Å². The highest BCUT2D eigenvalue weighted by atomic mass is 19.1. The SMILES string of the molecule is CCCNc1nccc(-c2c(-c3ccc(F)cc3)nc3n2C(CC2CCCC2)CC3)n1.CCNc1nccc(-c2c(-c3ccc(F)cc3)nc3n2C(CC2CCCC2)CC3)n1.Fc1ccc(-c2nc3n(c2-c2ccnc(NC4CC4)n2)C(/C=C/c2ccco2)CC3)cc1.Fc1ccc(-c2nc3n(c2-c2ccnc(NC4CCC4)n2)C(/C=C/c2ccco2)CC3)cc1. The number of benzene rings is 4. The first kappa shape index (κ1) is 82.6. The Labute approximate surface area is 730 Å². The molecule has 0 spiro atoms. The molecule has 4 aliphatic carbocycles. The fourth-order valence-corrected chi connectivity index (χ4v) is 19.1. The minimum Gasteiger partial charge on any atom is -0.465 e. The molecule has 26 heteroatoms. The molecule has 4 atom stereocenters. The van der Waals surface area contributed by atoms with Gasteiger partial charge in [0.25, 0.3) is 0 Å². The molecule has 4 saturated carbocycles. The van der Waals surface area contributed by atoms with Gasteiger partial charge in [0, 0.05) is 110 Å². The molecule has 4 fully saturated rings. The van der Waals surface area contributed by atoms with E-state index in [4.69, 9.17) is 48.7 Å². The van der Waals surface area contributed by atoms with Gasteiger partial charge in [-0.1, -0.05) is 70.4 Å². The first-order valence-electron chi connectivity index (χ1n) is 45.2. The van der Waals surface area contributed by atoms with Crippen molar-refractivity contribution in [1.82, 2.24) is 78.1 Å². The number of imidazole rings is 4. The van der Waals surface area contributed by atoms with E-state index < -0.39 is 0 Å². The molecule has 14 aromatic rings. The van der Waals surface area contributed by atoms with E-state index >= 15 is 0 Å². The molecular weight excluding hydrogens is 1590 g/mol. The maximum absolute atomic E-state index is 13.6. The Balaban J connectivity index is 0.000000110. The minimum absolute atomic E-state index is 0.125. The number of aryl methyl sites for hydroxylation is 4. The van der Waals surface area contributed by atoms with E-state index in [1.807, 2.05) is 98.1 Å². The topological polar surface area (TPSA) is 249 Å². The second-order valence-electron chi connectivity index (χ2n) is 34.2. The highest BCUT2D eigenvalue weighted by Gasteiger charge is 2.38. The summed E-state index contributed by atoms with van der Waals surface area (Å²) in [6.07, 6.45) is 46.8.